The van der Waals surface area contributed by atoms with Crippen LogP contribution >= 0.6 is 0 Å². The minimum Gasteiger partial charge on any atom is -0.488 e. The Hall–Kier alpha value is -3.04. The fourth-order valence-corrected chi connectivity index (χ4v) is 5.46. The molecule has 36 heavy (non-hydrogen) atoms. The molecule has 2 aromatic heterocycles. The number of benzene rings is 1. The number of anilines is 2. The van der Waals surface area contributed by atoms with Crippen molar-refractivity contribution in [3.8, 4) is 5.75 Å². The Morgan fingerprint density at radius 3 is 2.31 bits per heavy atom. The maximum absolute atomic E-state index is 6.55. The molecule has 190 valence electrons. The number of fused-ring (bicyclic) bond motifs is 1. The summed E-state index contributed by atoms with van der Waals surface area (Å²) in [6.07, 6.45) is 13.7. The van der Waals surface area contributed by atoms with E-state index in [-0.39, 0.29) is 6.10 Å². The van der Waals surface area contributed by atoms with Crippen LogP contribution in [-0.4, -0.2) is 71.6 Å². The minimum atomic E-state index is 0.157. The monoisotopic (exact) mass is 490 g/mol. The van der Waals surface area contributed by atoms with Gasteiger partial charge in [0.2, 0.25) is 5.95 Å². The van der Waals surface area contributed by atoms with Crippen LogP contribution in [0.15, 0.2) is 36.9 Å². The van der Waals surface area contributed by atoms with E-state index in [2.05, 4.69) is 42.3 Å². The lowest BCUT2D eigenvalue weighted by Gasteiger charge is -2.31. The van der Waals surface area contributed by atoms with Gasteiger partial charge in [-0.1, -0.05) is 0 Å². The molecule has 3 aromatic rings. The summed E-state index contributed by atoms with van der Waals surface area (Å²) in [5, 5.41) is 3.53. The van der Waals surface area contributed by atoms with Gasteiger partial charge in [-0.2, -0.15) is 0 Å². The Balaban J connectivity index is 1.07. The molecule has 0 atom stereocenters. The number of aromatic nitrogens is 4. The zero-order valence-electron chi connectivity index (χ0n) is 20.6. The molecular formula is C27H34N6O3. The number of morpholine rings is 1. The summed E-state index contributed by atoms with van der Waals surface area (Å²) in [6.45, 7) is 4.90. The Labute approximate surface area is 211 Å². The van der Waals surface area contributed by atoms with E-state index in [9.17, 15) is 0 Å². The molecule has 6 rings (SSSR count). The van der Waals surface area contributed by atoms with Crippen molar-refractivity contribution in [1.29, 1.82) is 0 Å². The maximum atomic E-state index is 6.55. The van der Waals surface area contributed by atoms with Crippen molar-refractivity contribution in [2.75, 3.05) is 49.7 Å². The third-order valence-corrected chi connectivity index (χ3v) is 7.57. The van der Waals surface area contributed by atoms with Gasteiger partial charge in [-0.15, -0.1) is 0 Å². The number of rotatable bonds is 6. The van der Waals surface area contributed by atoms with Gasteiger partial charge in [0, 0.05) is 68.9 Å². The molecule has 2 saturated heterocycles. The molecular weight excluding hydrogens is 456 g/mol. The quantitative estimate of drug-likeness (QED) is 0.551. The summed E-state index contributed by atoms with van der Waals surface area (Å²) in [6, 6.07) is 4.59. The number of nitrogens with one attached hydrogen (secondary N) is 1. The normalized spacial score (nSPS) is 23.5. The highest BCUT2D eigenvalue weighted by atomic mass is 16.5. The molecule has 1 aliphatic carbocycles. The van der Waals surface area contributed by atoms with Crippen molar-refractivity contribution in [3.05, 3.63) is 42.5 Å². The fourth-order valence-electron chi connectivity index (χ4n) is 5.46. The molecule has 3 aliphatic rings. The average Bonchev–Trinajstić information content (AvgIpc) is 2.95. The molecule has 9 heteroatoms. The summed E-state index contributed by atoms with van der Waals surface area (Å²) in [7, 11) is 0. The van der Waals surface area contributed by atoms with Crippen LogP contribution in [-0.2, 0) is 9.47 Å². The largest absolute Gasteiger partial charge is 0.488 e. The second-order valence-corrected chi connectivity index (χ2v) is 9.93. The molecule has 3 fully saturated rings. The van der Waals surface area contributed by atoms with Crippen molar-refractivity contribution in [2.45, 2.75) is 56.6 Å². The molecule has 4 heterocycles. The average molecular weight is 491 g/mol. The van der Waals surface area contributed by atoms with E-state index in [0.29, 0.717) is 12.0 Å². The number of nitrogens with zero attached hydrogens (tertiary/aromatic N) is 5. The van der Waals surface area contributed by atoms with Crippen LogP contribution < -0.4 is 15.0 Å². The Bertz CT molecular complexity index is 1140. The van der Waals surface area contributed by atoms with Crippen molar-refractivity contribution in [3.63, 3.8) is 0 Å². The standard InChI is InChI=1S/C27H34N6O3/c1-3-23(4-2-21(1)32-27-30-17-20(18-31-27)19-5-11-34-12-6-19)36-25-16-22(33-9-13-35-14-10-33)15-24-26(25)29-8-7-28-24/h7-8,15-19,21,23H,1-6,9-14H2,(H,30,31,32). The summed E-state index contributed by atoms with van der Waals surface area (Å²) in [5.41, 5.74) is 4.04. The summed E-state index contributed by atoms with van der Waals surface area (Å²) >= 11 is 0. The van der Waals surface area contributed by atoms with Crippen LogP contribution in [0.4, 0.5) is 11.6 Å². The highest BCUT2D eigenvalue weighted by molar-refractivity contribution is 5.85. The molecule has 1 N–H and O–H groups in total. The summed E-state index contributed by atoms with van der Waals surface area (Å²) in [5.74, 6) is 2.06. The predicted molar refractivity (Wildman–Crippen MR) is 138 cm³/mol. The smallest absolute Gasteiger partial charge is 0.222 e. The maximum Gasteiger partial charge on any atom is 0.222 e. The van der Waals surface area contributed by atoms with Crippen LogP contribution in [0.2, 0.25) is 0 Å². The van der Waals surface area contributed by atoms with E-state index in [1.54, 1.807) is 12.4 Å². The van der Waals surface area contributed by atoms with Gasteiger partial charge in [0.1, 0.15) is 11.3 Å². The van der Waals surface area contributed by atoms with Crippen molar-refractivity contribution in [2.24, 2.45) is 0 Å². The van der Waals surface area contributed by atoms with E-state index in [0.717, 1.165) is 106 Å². The first kappa shape index (κ1) is 23.4. The molecule has 1 aromatic carbocycles. The highest BCUT2D eigenvalue weighted by Gasteiger charge is 2.25. The van der Waals surface area contributed by atoms with Gasteiger partial charge in [0.25, 0.3) is 0 Å². The minimum absolute atomic E-state index is 0.157. The lowest BCUT2D eigenvalue weighted by molar-refractivity contribution is 0.0852. The molecule has 0 bridgehead atoms. The van der Waals surface area contributed by atoms with E-state index >= 15 is 0 Å². The van der Waals surface area contributed by atoms with Gasteiger partial charge in [-0.3, -0.25) is 4.98 Å². The third-order valence-electron chi connectivity index (χ3n) is 7.57. The first-order valence-corrected chi connectivity index (χ1v) is 13.2. The molecule has 0 spiro atoms. The van der Waals surface area contributed by atoms with Gasteiger partial charge in [0.15, 0.2) is 0 Å². The molecule has 1 saturated carbocycles. The van der Waals surface area contributed by atoms with Crippen molar-refractivity contribution < 1.29 is 14.2 Å². The van der Waals surface area contributed by atoms with Gasteiger partial charge in [-0.25, -0.2) is 15.0 Å². The highest BCUT2D eigenvalue weighted by Crippen LogP contribution is 2.33. The topological polar surface area (TPSA) is 94.5 Å². The number of hydrogen-bond donors (Lipinski definition) is 1. The lowest BCUT2D eigenvalue weighted by Crippen LogP contribution is -2.36. The van der Waals surface area contributed by atoms with Gasteiger partial charge in [-0.05, 0) is 56.1 Å². The zero-order valence-corrected chi connectivity index (χ0v) is 20.6. The van der Waals surface area contributed by atoms with Crippen LogP contribution in [0.3, 0.4) is 0 Å². The van der Waals surface area contributed by atoms with E-state index in [1.807, 2.05) is 12.4 Å². The second kappa shape index (κ2) is 10.9. The second-order valence-electron chi connectivity index (χ2n) is 9.93. The summed E-state index contributed by atoms with van der Waals surface area (Å²) in [4.78, 5) is 20.7. The molecule has 9 nitrogen and oxygen atoms in total. The summed E-state index contributed by atoms with van der Waals surface area (Å²) < 4.78 is 17.5. The van der Waals surface area contributed by atoms with E-state index in [1.165, 1.54) is 5.56 Å². The fraction of sp³-hybridized carbons (Fsp3) is 0.556. The Morgan fingerprint density at radius 1 is 0.806 bits per heavy atom. The van der Waals surface area contributed by atoms with E-state index < -0.39 is 0 Å². The van der Waals surface area contributed by atoms with Crippen molar-refractivity contribution in [1.82, 2.24) is 19.9 Å². The first-order valence-electron chi connectivity index (χ1n) is 13.2. The predicted octanol–water partition coefficient (Wildman–Crippen LogP) is 3.95. The van der Waals surface area contributed by atoms with Crippen LogP contribution in [0.5, 0.6) is 5.75 Å². The van der Waals surface area contributed by atoms with Crippen LogP contribution in [0.25, 0.3) is 11.0 Å². The zero-order chi connectivity index (χ0) is 24.2. The van der Waals surface area contributed by atoms with E-state index in [4.69, 9.17) is 14.2 Å². The van der Waals surface area contributed by atoms with Crippen molar-refractivity contribution >= 4 is 22.7 Å². The van der Waals surface area contributed by atoms with Crippen LogP contribution in [0.1, 0.15) is 50.0 Å². The molecule has 0 amide bonds. The SMILES string of the molecule is c1cnc2c(OC3CCC(Nc4ncc(C5CCOCC5)cn4)CC3)cc(N3CCOCC3)cc2n1. The van der Waals surface area contributed by atoms with Gasteiger partial charge < -0.3 is 24.4 Å². The Morgan fingerprint density at radius 2 is 1.53 bits per heavy atom. The molecule has 0 radical (unpaired) electrons. The lowest BCUT2D eigenvalue weighted by atomic mass is 9.93. The first-order chi connectivity index (χ1) is 17.8. The molecule has 2 aliphatic heterocycles. The molecule has 0 unspecified atom stereocenters. The number of ether oxygens (including phenoxy) is 3. The Kier molecular flexibility index (Phi) is 7.09. The third kappa shape index (κ3) is 5.37. The number of hydrogen-bond acceptors (Lipinski definition) is 9. The van der Waals surface area contributed by atoms with Crippen LogP contribution in [0, 0.1) is 0 Å². The van der Waals surface area contributed by atoms with Gasteiger partial charge in [0.05, 0.1) is 24.8 Å². The van der Waals surface area contributed by atoms with Gasteiger partial charge >= 0.3 is 0 Å².